The Bertz CT molecular complexity index is 570. The summed E-state index contributed by atoms with van der Waals surface area (Å²) in [6, 6.07) is 5.96. The standard InChI is InChI=1S/C15H17F3N2O2/c16-15(17,18)9-20-14(22)7-13(21)19-8-10-4-5-11-2-1-3-12(11)6-10/h4-6H,1-3,7-9H2,(H,19,21)(H,20,22). The molecule has 120 valence electrons. The number of amides is 2. The Hall–Kier alpha value is -2.05. The van der Waals surface area contributed by atoms with E-state index in [9.17, 15) is 22.8 Å². The molecule has 0 radical (unpaired) electrons. The number of nitrogens with one attached hydrogen (secondary N) is 2. The van der Waals surface area contributed by atoms with Crippen molar-refractivity contribution >= 4 is 11.8 Å². The summed E-state index contributed by atoms with van der Waals surface area (Å²) < 4.78 is 35.7. The molecule has 1 aromatic rings. The van der Waals surface area contributed by atoms with Crippen LogP contribution in [0.25, 0.3) is 0 Å². The van der Waals surface area contributed by atoms with Crippen LogP contribution in [0, 0.1) is 0 Å². The highest BCUT2D eigenvalue weighted by Gasteiger charge is 2.27. The minimum absolute atomic E-state index is 0.263. The number of benzene rings is 1. The van der Waals surface area contributed by atoms with Gasteiger partial charge in [-0.25, -0.2) is 0 Å². The van der Waals surface area contributed by atoms with Crippen LogP contribution in [0.2, 0.25) is 0 Å². The highest BCUT2D eigenvalue weighted by Crippen LogP contribution is 2.22. The number of fused-ring (bicyclic) bond motifs is 1. The Balaban J connectivity index is 1.74. The molecule has 2 N–H and O–H groups in total. The van der Waals surface area contributed by atoms with Gasteiger partial charge in [0.05, 0.1) is 0 Å². The molecule has 0 bridgehead atoms. The number of aryl methyl sites for hydroxylation is 2. The maximum absolute atomic E-state index is 11.9. The van der Waals surface area contributed by atoms with Gasteiger partial charge in [-0.05, 0) is 36.0 Å². The second-order valence-electron chi connectivity index (χ2n) is 5.30. The van der Waals surface area contributed by atoms with E-state index in [1.54, 1.807) is 5.32 Å². The molecule has 1 aliphatic carbocycles. The van der Waals surface area contributed by atoms with Gasteiger partial charge < -0.3 is 10.6 Å². The SMILES string of the molecule is O=C(CC(=O)NCC(F)(F)F)NCc1ccc2c(c1)CCC2. The molecule has 0 saturated heterocycles. The summed E-state index contributed by atoms with van der Waals surface area (Å²) in [7, 11) is 0. The van der Waals surface area contributed by atoms with Crippen LogP contribution < -0.4 is 10.6 Å². The monoisotopic (exact) mass is 314 g/mol. The van der Waals surface area contributed by atoms with E-state index < -0.39 is 31.0 Å². The average molecular weight is 314 g/mol. The average Bonchev–Trinajstić information content (AvgIpc) is 2.89. The van der Waals surface area contributed by atoms with Crippen molar-refractivity contribution in [2.45, 2.75) is 38.4 Å². The molecule has 0 unspecified atom stereocenters. The second kappa shape index (κ2) is 6.81. The first-order valence-electron chi connectivity index (χ1n) is 7.04. The first-order valence-corrected chi connectivity index (χ1v) is 7.04. The second-order valence-corrected chi connectivity index (χ2v) is 5.30. The van der Waals surface area contributed by atoms with Gasteiger partial charge >= 0.3 is 6.18 Å². The maximum atomic E-state index is 11.9. The van der Waals surface area contributed by atoms with Crippen LogP contribution in [0.3, 0.4) is 0 Å². The van der Waals surface area contributed by atoms with Crippen molar-refractivity contribution in [1.82, 2.24) is 10.6 Å². The summed E-state index contributed by atoms with van der Waals surface area (Å²) in [5.74, 6) is -1.54. The highest BCUT2D eigenvalue weighted by molar-refractivity contribution is 5.96. The zero-order valence-electron chi connectivity index (χ0n) is 11.9. The van der Waals surface area contributed by atoms with Crippen LogP contribution in [0.4, 0.5) is 13.2 Å². The first kappa shape index (κ1) is 16.3. The van der Waals surface area contributed by atoms with Gasteiger partial charge in [-0.2, -0.15) is 13.2 Å². The van der Waals surface area contributed by atoms with Crippen molar-refractivity contribution in [1.29, 1.82) is 0 Å². The first-order chi connectivity index (χ1) is 10.3. The number of alkyl halides is 3. The predicted octanol–water partition coefficient (Wildman–Crippen LogP) is 1.86. The quantitative estimate of drug-likeness (QED) is 0.815. The van der Waals surface area contributed by atoms with Gasteiger partial charge in [-0.3, -0.25) is 9.59 Å². The minimum atomic E-state index is -4.48. The molecule has 0 heterocycles. The van der Waals surface area contributed by atoms with E-state index in [0.717, 1.165) is 24.8 Å². The summed E-state index contributed by atoms with van der Waals surface area (Å²) in [5.41, 5.74) is 3.51. The van der Waals surface area contributed by atoms with Gasteiger partial charge in [0.15, 0.2) is 0 Å². The van der Waals surface area contributed by atoms with Crippen molar-refractivity contribution < 1.29 is 22.8 Å². The maximum Gasteiger partial charge on any atom is 0.405 e. The fraction of sp³-hybridized carbons (Fsp3) is 0.467. The molecule has 1 aromatic carbocycles. The van der Waals surface area contributed by atoms with Gasteiger partial charge in [0.25, 0.3) is 0 Å². The lowest BCUT2D eigenvalue weighted by atomic mass is 10.1. The number of carbonyl (C=O) groups excluding carboxylic acids is 2. The summed E-state index contributed by atoms with van der Waals surface area (Å²) in [4.78, 5) is 22.7. The van der Waals surface area contributed by atoms with Crippen LogP contribution in [0.15, 0.2) is 18.2 Å². The van der Waals surface area contributed by atoms with Crippen LogP contribution >= 0.6 is 0 Å². The highest BCUT2D eigenvalue weighted by atomic mass is 19.4. The molecule has 7 heteroatoms. The molecule has 22 heavy (non-hydrogen) atoms. The molecule has 0 spiro atoms. The minimum Gasteiger partial charge on any atom is -0.352 e. The summed E-state index contributed by atoms with van der Waals surface area (Å²) in [6.45, 7) is -1.16. The van der Waals surface area contributed by atoms with E-state index in [1.807, 2.05) is 18.2 Å². The fourth-order valence-electron chi connectivity index (χ4n) is 2.41. The molecule has 0 aliphatic heterocycles. The summed E-state index contributed by atoms with van der Waals surface area (Å²) in [5, 5.41) is 4.20. The largest absolute Gasteiger partial charge is 0.405 e. The Morgan fingerprint density at radius 2 is 1.73 bits per heavy atom. The lowest BCUT2D eigenvalue weighted by Crippen LogP contribution is -2.37. The Kier molecular flexibility index (Phi) is 5.05. The molecule has 0 aromatic heterocycles. The molecule has 0 atom stereocenters. The molecular weight excluding hydrogens is 297 g/mol. The number of halogens is 3. The lowest BCUT2D eigenvalue weighted by Gasteiger charge is -2.09. The molecule has 2 rings (SSSR count). The third kappa shape index (κ3) is 5.05. The van der Waals surface area contributed by atoms with E-state index in [-0.39, 0.29) is 6.54 Å². The summed E-state index contributed by atoms with van der Waals surface area (Å²) in [6.07, 6.45) is -1.86. The zero-order chi connectivity index (χ0) is 16.2. The van der Waals surface area contributed by atoms with Crippen molar-refractivity contribution in [3.05, 3.63) is 34.9 Å². The van der Waals surface area contributed by atoms with Crippen LogP contribution in [-0.4, -0.2) is 24.5 Å². The van der Waals surface area contributed by atoms with Crippen molar-refractivity contribution in [2.24, 2.45) is 0 Å². The lowest BCUT2D eigenvalue weighted by molar-refractivity contribution is -0.140. The third-order valence-electron chi connectivity index (χ3n) is 3.46. The Labute approximate surface area is 126 Å². The van der Waals surface area contributed by atoms with Gasteiger partial charge in [0, 0.05) is 6.54 Å². The Morgan fingerprint density at radius 1 is 1.05 bits per heavy atom. The van der Waals surface area contributed by atoms with Gasteiger partial charge in [0.1, 0.15) is 13.0 Å². The van der Waals surface area contributed by atoms with E-state index >= 15 is 0 Å². The molecule has 4 nitrogen and oxygen atoms in total. The van der Waals surface area contributed by atoms with Crippen LogP contribution in [0.5, 0.6) is 0 Å². The number of carbonyl (C=O) groups is 2. The fourth-order valence-corrected chi connectivity index (χ4v) is 2.41. The van der Waals surface area contributed by atoms with E-state index in [2.05, 4.69) is 5.32 Å². The molecular formula is C15H17F3N2O2. The predicted molar refractivity (Wildman–Crippen MR) is 74.0 cm³/mol. The third-order valence-corrected chi connectivity index (χ3v) is 3.46. The van der Waals surface area contributed by atoms with Crippen LogP contribution in [0.1, 0.15) is 29.5 Å². The van der Waals surface area contributed by atoms with Crippen LogP contribution in [-0.2, 0) is 29.0 Å². The normalized spacial score (nSPS) is 13.6. The van der Waals surface area contributed by atoms with Gasteiger partial charge in [0.2, 0.25) is 11.8 Å². The molecule has 1 aliphatic rings. The number of hydrogen-bond acceptors (Lipinski definition) is 2. The smallest absolute Gasteiger partial charge is 0.352 e. The molecule has 0 fully saturated rings. The molecule has 0 saturated carbocycles. The Morgan fingerprint density at radius 3 is 2.45 bits per heavy atom. The zero-order valence-corrected chi connectivity index (χ0v) is 11.9. The van der Waals surface area contributed by atoms with Crippen molar-refractivity contribution in [2.75, 3.05) is 6.54 Å². The van der Waals surface area contributed by atoms with E-state index in [4.69, 9.17) is 0 Å². The molecule has 2 amide bonds. The van der Waals surface area contributed by atoms with Gasteiger partial charge in [-0.15, -0.1) is 0 Å². The van der Waals surface area contributed by atoms with Crippen molar-refractivity contribution in [3.63, 3.8) is 0 Å². The van der Waals surface area contributed by atoms with E-state index in [0.29, 0.717) is 0 Å². The summed E-state index contributed by atoms with van der Waals surface area (Å²) >= 11 is 0. The van der Waals surface area contributed by atoms with E-state index in [1.165, 1.54) is 11.1 Å². The number of rotatable bonds is 5. The van der Waals surface area contributed by atoms with Gasteiger partial charge in [-0.1, -0.05) is 18.2 Å². The number of hydrogen-bond donors (Lipinski definition) is 2. The van der Waals surface area contributed by atoms with Crippen molar-refractivity contribution in [3.8, 4) is 0 Å². The topological polar surface area (TPSA) is 58.2 Å².